The quantitative estimate of drug-likeness (QED) is 0.910. The van der Waals surface area contributed by atoms with Gasteiger partial charge in [-0.3, -0.25) is 4.79 Å². The number of hydrogen-bond donors (Lipinski definition) is 1. The van der Waals surface area contributed by atoms with Crippen molar-refractivity contribution in [2.45, 2.75) is 39.4 Å². The summed E-state index contributed by atoms with van der Waals surface area (Å²) in [6, 6.07) is 8.01. The van der Waals surface area contributed by atoms with Gasteiger partial charge in [-0.2, -0.15) is 0 Å². The molecule has 1 aromatic carbocycles. The SMILES string of the molecule is CCC(=O)Nc1ccc(N2CC(C)OC(C)C2)cc1. The number of amides is 1. The van der Waals surface area contributed by atoms with Gasteiger partial charge in [-0.1, -0.05) is 6.92 Å². The standard InChI is InChI=1S/C15H22N2O2/c1-4-15(18)16-13-5-7-14(8-6-13)17-9-11(2)19-12(3)10-17/h5-8,11-12H,4,9-10H2,1-3H3,(H,16,18). The average molecular weight is 262 g/mol. The Kier molecular flexibility index (Phi) is 4.43. The number of carbonyl (C=O) groups excluding carboxylic acids is 1. The lowest BCUT2D eigenvalue weighted by Crippen LogP contribution is -2.45. The third-order valence-corrected chi connectivity index (χ3v) is 3.26. The van der Waals surface area contributed by atoms with E-state index in [2.05, 4.69) is 36.2 Å². The van der Waals surface area contributed by atoms with Gasteiger partial charge in [0, 0.05) is 30.9 Å². The summed E-state index contributed by atoms with van der Waals surface area (Å²) >= 11 is 0. The largest absolute Gasteiger partial charge is 0.372 e. The maximum atomic E-state index is 11.3. The van der Waals surface area contributed by atoms with Crippen LogP contribution in [0.5, 0.6) is 0 Å². The van der Waals surface area contributed by atoms with Crippen LogP contribution in [0.1, 0.15) is 27.2 Å². The summed E-state index contributed by atoms with van der Waals surface area (Å²) in [6.07, 6.45) is 1.01. The van der Waals surface area contributed by atoms with Crippen LogP contribution in [-0.2, 0) is 9.53 Å². The molecule has 1 N–H and O–H groups in total. The smallest absolute Gasteiger partial charge is 0.224 e. The van der Waals surface area contributed by atoms with E-state index < -0.39 is 0 Å². The van der Waals surface area contributed by atoms with Crippen LogP contribution in [0.15, 0.2) is 24.3 Å². The zero-order valence-electron chi connectivity index (χ0n) is 11.8. The molecule has 1 aliphatic rings. The molecule has 19 heavy (non-hydrogen) atoms. The van der Waals surface area contributed by atoms with Gasteiger partial charge in [-0.25, -0.2) is 0 Å². The van der Waals surface area contributed by atoms with Crippen LogP contribution >= 0.6 is 0 Å². The van der Waals surface area contributed by atoms with Crippen LogP contribution in [-0.4, -0.2) is 31.2 Å². The summed E-state index contributed by atoms with van der Waals surface area (Å²) in [4.78, 5) is 13.6. The fourth-order valence-electron chi connectivity index (χ4n) is 2.39. The molecule has 2 unspecified atom stereocenters. The van der Waals surface area contributed by atoms with Crippen molar-refractivity contribution in [2.24, 2.45) is 0 Å². The third kappa shape index (κ3) is 3.70. The van der Waals surface area contributed by atoms with Crippen LogP contribution in [0.4, 0.5) is 11.4 Å². The Hall–Kier alpha value is -1.55. The second-order valence-corrected chi connectivity index (χ2v) is 5.11. The number of nitrogens with zero attached hydrogens (tertiary/aromatic N) is 1. The highest BCUT2D eigenvalue weighted by atomic mass is 16.5. The van der Waals surface area contributed by atoms with Crippen LogP contribution < -0.4 is 10.2 Å². The molecule has 104 valence electrons. The van der Waals surface area contributed by atoms with E-state index in [0.717, 1.165) is 18.8 Å². The highest BCUT2D eigenvalue weighted by molar-refractivity contribution is 5.90. The van der Waals surface area contributed by atoms with Gasteiger partial charge in [0.1, 0.15) is 0 Å². The highest BCUT2D eigenvalue weighted by Gasteiger charge is 2.22. The highest BCUT2D eigenvalue weighted by Crippen LogP contribution is 2.22. The zero-order chi connectivity index (χ0) is 13.8. The van der Waals surface area contributed by atoms with E-state index in [1.807, 2.05) is 19.1 Å². The summed E-state index contributed by atoms with van der Waals surface area (Å²) < 4.78 is 5.73. The molecule has 0 spiro atoms. The summed E-state index contributed by atoms with van der Waals surface area (Å²) in [5.74, 6) is 0.0429. The van der Waals surface area contributed by atoms with Gasteiger partial charge >= 0.3 is 0 Å². The first kappa shape index (κ1) is 13.9. The number of benzene rings is 1. The van der Waals surface area contributed by atoms with E-state index in [0.29, 0.717) is 6.42 Å². The molecule has 0 radical (unpaired) electrons. The minimum Gasteiger partial charge on any atom is -0.372 e. The van der Waals surface area contributed by atoms with Crippen LogP contribution in [0.2, 0.25) is 0 Å². The Morgan fingerprint density at radius 2 is 1.84 bits per heavy atom. The van der Waals surface area contributed by atoms with Gasteiger partial charge in [0.2, 0.25) is 5.91 Å². The van der Waals surface area contributed by atoms with Gasteiger partial charge in [-0.05, 0) is 38.1 Å². The molecule has 1 heterocycles. The first-order valence-electron chi connectivity index (χ1n) is 6.88. The molecule has 0 saturated carbocycles. The molecule has 0 aliphatic carbocycles. The molecule has 1 aliphatic heterocycles. The van der Waals surface area contributed by atoms with E-state index >= 15 is 0 Å². The minimum atomic E-state index is 0.0429. The normalized spacial score (nSPS) is 23.2. The van der Waals surface area contributed by atoms with Crippen molar-refractivity contribution >= 4 is 17.3 Å². The lowest BCUT2D eigenvalue weighted by molar-refractivity contribution is -0.115. The monoisotopic (exact) mass is 262 g/mol. The molecule has 0 aromatic heterocycles. The first-order chi connectivity index (χ1) is 9.08. The number of ether oxygens (including phenoxy) is 1. The maximum absolute atomic E-state index is 11.3. The Balaban J connectivity index is 2.03. The van der Waals surface area contributed by atoms with Gasteiger partial charge in [0.05, 0.1) is 12.2 Å². The molecule has 1 aromatic rings. The molecular formula is C15H22N2O2. The third-order valence-electron chi connectivity index (χ3n) is 3.26. The predicted molar refractivity (Wildman–Crippen MR) is 77.6 cm³/mol. The molecule has 2 atom stereocenters. The van der Waals surface area contributed by atoms with Gasteiger partial charge < -0.3 is 15.0 Å². The average Bonchev–Trinajstić information content (AvgIpc) is 2.38. The fraction of sp³-hybridized carbons (Fsp3) is 0.533. The molecule has 4 nitrogen and oxygen atoms in total. The van der Waals surface area contributed by atoms with Crippen LogP contribution in [0, 0.1) is 0 Å². The fourth-order valence-corrected chi connectivity index (χ4v) is 2.39. The van der Waals surface area contributed by atoms with Crippen molar-refractivity contribution in [3.05, 3.63) is 24.3 Å². The molecule has 0 bridgehead atoms. The van der Waals surface area contributed by atoms with E-state index in [9.17, 15) is 4.79 Å². The van der Waals surface area contributed by atoms with Crippen LogP contribution in [0.3, 0.4) is 0 Å². The van der Waals surface area contributed by atoms with Gasteiger partial charge in [0.15, 0.2) is 0 Å². The Morgan fingerprint density at radius 3 is 2.37 bits per heavy atom. The van der Waals surface area contributed by atoms with E-state index in [1.54, 1.807) is 0 Å². The van der Waals surface area contributed by atoms with Crippen molar-refractivity contribution in [3.8, 4) is 0 Å². The second-order valence-electron chi connectivity index (χ2n) is 5.11. The second kappa shape index (κ2) is 6.06. The van der Waals surface area contributed by atoms with Crippen molar-refractivity contribution < 1.29 is 9.53 Å². The minimum absolute atomic E-state index is 0.0429. The number of hydrogen-bond acceptors (Lipinski definition) is 3. The summed E-state index contributed by atoms with van der Waals surface area (Å²) in [7, 11) is 0. The number of morpholine rings is 1. The lowest BCUT2D eigenvalue weighted by Gasteiger charge is -2.36. The number of anilines is 2. The molecule has 2 rings (SSSR count). The maximum Gasteiger partial charge on any atom is 0.224 e. The van der Waals surface area contributed by atoms with Gasteiger partial charge in [0.25, 0.3) is 0 Å². The molecule has 4 heteroatoms. The van der Waals surface area contributed by atoms with Gasteiger partial charge in [-0.15, -0.1) is 0 Å². The molecule has 1 saturated heterocycles. The zero-order valence-corrected chi connectivity index (χ0v) is 11.8. The lowest BCUT2D eigenvalue weighted by atomic mass is 10.2. The summed E-state index contributed by atoms with van der Waals surface area (Å²) in [6.45, 7) is 7.85. The first-order valence-corrected chi connectivity index (χ1v) is 6.88. The molecular weight excluding hydrogens is 240 g/mol. The molecule has 1 fully saturated rings. The number of carbonyl (C=O) groups is 1. The Labute approximate surface area is 114 Å². The van der Waals surface area contributed by atoms with Crippen LogP contribution in [0.25, 0.3) is 0 Å². The Bertz CT molecular complexity index is 420. The topological polar surface area (TPSA) is 41.6 Å². The van der Waals surface area contributed by atoms with E-state index in [1.165, 1.54) is 5.69 Å². The summed E-state index contributed by atoms with van der Waals surface area (Å²) in [5.41, 5.74) is 2.03. The summed E-state index contributed by atoms with van der Waals surface area (Å²) in [5, 5.41) is 2.86. The van der Waals surface area contributed by atoms with Crippen molar-refractivity contribution in [2.75, 3.05) is 23.3 Å². The van der Waals surface area contributed by atoms with Crippen molar-refractivity contribution in [1.82, 2.24) is 0 Å². The Morgan fingerprint density at radius 1 is 1.26 bits per heavy atom. The number of rotatable bonds is 3. The van der Waals surface area contributed by atoms with E-state index in [4.69, 9.17) is 4.74 Å². The van der Waals surface area contributed by atoms with E-state index in [-0.39, 0.29) is 18.1 Å². The van der Waals surface area contributed by atoms with Crippen molar-refractivity contribution in [1.29, 1.82) is 0 Å². The van der Waals surface area contributed by atoms with Crippen molar-refractivity contribution in [3.63, 3.8) is 0 Å². The molecule has 1 amide bonds. The number of nitrogens with one attached hydrogen (secondary N) is 1. The predicted octanol–water partition coefficient (Wildman–Crippen LogP) is 2.65.